The Labute approximate surface area is 209 Å². The molecule has 1 fully saturated rings. The predicted molar refractivity (Wildman–Crippen MR) is 140 cm³/mol. The summed E-state index contributed by atoms with van der Waals surface area (Å²) >= 11 is 0. The van der Waals surface area contributed by atoms with E-state index in [0.29, 0.717) is 36.0 Å². The van der Waals surface area contributed by atoms with Gasteiger partial charge in [0, 0.05) is 55.7 Å². The van der Waals surface area contributed by atoms with Gasteiger partial charge in [0.2, 0.25) is 17.8 Å². The Hall–Kier alpha value is -4.18. The minimum atomic E-state index is -0.469. The number of anilines is 6. The molecule has 2 aliphatic heterocycles. The first-order chi connectivity index (χ1) is 17.4. The Morgan fingerprint density at radius 2 is 1.78 bits per heavy atom. The fraction of sp³-hybridized carbons (Fsp3) is 0.308. The van der Waals surface area contributed by atoms with Crippen molar-refractivity contribution in [1.29, 1.82) is 0 Å². The second-order valence-electron chi connectivity index (χ2n) is 8.89. The molecule has 3 N–H and O–H groups in total. The molecule has 10 heteroatoms. The highest BCUT2D eigenvalue weighted by Crippen LogP contribution is 2.36. The van der Waals surface area contributed by atoms with Crippen LogP contribution >= 0.6 is 0 Å². The van der Waals surface area contributed by atoms with Crippen molar-refractivity contribution in [2.45, 2.75) is 13.3 Å². The molecule has 186 valence electrons. The van der Waals surface area contributed by atoms with Gasteiger partial charge in [0.15, 0.2) is 5.82 Å². The number of benzene rings is 2. The molecule has 2 aliphatic rings. The van der Waals surface area contributed by atoms with Crippen LogP contribution in [-0.4, -0.2) is 61.7 Å². The number of amides is 2. The number of hydrogen-bond donors (Lipinski definition) is 2. The Bertz CT molecular complexity index is 1290. The Morgan fingerprint density at radius 1 is 1.06 bits per heavy atom. The number of nitrogens with zero attached hydrogens (tertiary/aromatic N) is 5. The van der Waals surface area contributed by atoms with Gasteiger partial charge in [0.25, 0.3) is 0 Å². The van der Waals surface area contributed by atoms with E-state index in [1.54, 1.807) is 30.3 Å². The fourth-order valence-electron chi connectivity index (χ4n) is 4.54. The van der Waals surface area contributed by atoms with Crippen LogP contribution in [0, 0.1) is 6.92 Å². The number of ether oxygens (including phenoxy) is 1. The second kappa shape index (κ2) is 9.82. The SMILES string of the molecule is Cc1cc(Nc2ncc3c(n2)N(c2ccc(N4CCOCC4)cc2)CCC(=O)N3C)ccc1C(N)=O. The van der Waals surface area contributed by atoms with Crippen molar-refractivity contribution in [2.24, 2.45) is 5.73 Å². The lowest BCUT2D eigenvalue weighted by Gasteiger charge is -2.30. The normalized spacial score (nSPS) is 15.9. The van der Waals surface area contributed by atoms with Crippen molar-refractivity contribution in [3.63, 3.8) is 0 Å². The average Bonchev–Trinajstić information content (AvgIpc) is 3.00. The van der Waals surface area contributed by atoms with Gasteiger partial charge in [0.1, 0.15) is 5.69 Å². The van der Waals surface area contributed by atoms with Crippen molar-refractivity contribution in [3.05, 3.63) is 59.8 Å². The molecule has 36 heavy (non-hydrogen) atoms. The monoisotopic (exact) mass is 487 g/mol. The minimum absolute atomic E-state index is 0.00524. The first-order valence-electron chi connectivity index (χ1n) is 11.9. The molecular weight excluding hydrogens is 458 g/mol. The number of primary amides is 1. The fourth-order valence-corrected chi connectivity index (χ4v) is 4.54. The maximum atomic E-state index is 12.7. The van der Waals surface area contributed by atoms with Crippen LogP contribution in [0.25, 0.3) is 0 Å². The third-order valence-electron chi connectivity index (χ3n) is 6.58. The van der Waals surface area contributed by atoms with Gasteiger partial charge in [-0.2, -0.15) is 4.98 Å². The van der Waals surface area contributed by atoms with E-state index in [1.165, 1.54) is 0 Å². The lowest BCUT2D eigenvalue weighted by molar-refractivity contribution is -0.118. The lowest BCUT2D eigenvalue weighted by atomic mass is 10.1. The van der Waals surface area contributed by atoms with Gasteiger partial charge in [-0.1, -0.05) is 0 Å². The smallest absolute Gasteiger partial charge is 0.248 e. The average molecular weight is 488 g/mol. The van der Waals surface area contributed by atoms with E-state index < -0.39 is 5.91 Å². The zero-order valence-corrected chi connectivity index (χ0v) is 20.4. The molecule has 0 aliphatic carbocycles. The van der Waals surface area contributed by atoms with E-state index in [4.69, 9.17) is 15.5 Å². The van der Waals surface area contributed by atoms with E-state index in [-0.39, 0.29) is 5.91 Å². The van der Waals surface area contributed by atoms with Crippen LogP contribution < -0.4 is 25.8 Å². The summed E-state index contributed by atoms with van der Waals surface area (Å²) in [5.41, 5.74) is 10.1. The highest BCUT2D eigenvalue weighted by Gasteiger charge is 2.27. The molecule has 2 aromatic carbocycles. The van der Waals surface area contributed by atoms with E-state index in [0.717, 1.165) is 48.9 Å². The first kappa shape index (κ1) is 23.6. The molecule has 0 saturated carbocycles. The zero-order chi connectivity index (χ0) is 25.2. The van der Waals surface area contributed by atoms with Crippen molar-refractivity contribution < 1.29 is 14.3 Å². The quantitative estimate of drug-likeness (QED) is 0.564. The Balaban J connectivity index is 1.46. The summed E-state index contributed by atoms with van der Waals surface area (Å²) in [5, 5.41) is 3.21. The topological polar surface area (TPSA) is 117 Å². The molecule has 0 spiro atoms. The van der Waals surface area contributed by atoms with Crippen LogP contribution in [-0.2, 0) is 9.53 Å². The number of morpholine rings is 1. The number of rotatable bonds is 5. The summed E-state index contributed by atoms with van der Waals surface area (Å²) in [7, 11) is 1.74. The van der Waals surface area contributed by atoms with Crippen molar-refractivity contribution >= 4 is 46.3 Å². The lowest BCUT2D eigenvalue weighted by Crippen LogP contribution is -2.36. The molecule has 2 amide bonds. The maximum Gasteiger partial charge on any atom is 0.248 e. The standard InChI is InChI=1S/C26H29N7O3/c1-17-15-18(3-8-21(17)24(27)35)29-26-28-16-22-25(30-26)33(10-9-23(34)31(22)2)20-6-4-19(5-7-20)32-11-13-36-14-12-32/h3-8,15-16H,9-14H2,1-2H3,(H2,27,35)(H,28,29,30). The molecule has 0 radical (unpaired) electrons. The Kier molecular flexibility index (Phi) is 6.43. The molecule has 5 rings (SSSR count). The summed E-state index contributed by atoms with van der Waals surface area (Å²) < 4.78 is 5.46. The molecule has 0 unspecified atom stereocenters. The third kappa shape index (κ3) is 4.67. The van der Waals surface area contributed by atoms with Crippen LogP contribution in [0.1, 0.15) is 22.3 Å². The molecule has 3 aromatic rings. The summed E-state index contributed by atoms with van der Waals surface area (Å²) in [6.07, 6.45) is 2.02. The molecule has 0 bridgehead atoms. The predicted octanol–water partition coefficient (Wildman–Crippen LogP) is 2.97. The summed E-state index contributed by atoms with van der Waals surface area (Å²) in [6.45, 7) is 5.52. The molecule has 1 aromatic heterocycles. The largest absolute Gasteiger partial charge is 0.378 e. The summed E-state index contributed by atoms with van der Waals surface area (Å²) in [6, 6.07) is 13.6. The van der Waals surface area contributed by atoms with Crippen LogP contribution in [0.2, 0.25) is 0 Å². The van der Waals surface area contributed by atoms with E-state index in [9.17, 15) is 9.59 Å². The van der Waals surface area contributed by atoms with Crippen LogP contribution in [0.15, 0.2) is 48.7 Å². The third-order valence-corrected chi connectivity index (χ3v) is 6.58. The van der Waals surface area contributed by atoms with Crippen molar-refractivity contribution in [1.82, 2.24) is 9.97 Å². The van der Waals surface area contributed by atoms with E-state index in [1.807, 2.05) is 17.9 Å². The van der Waals surface area contributed by atoms with Gasteiger partial charge >= 0.3 is 0 Å². The van der Waals surface area contributed by atoms with E-state index >= 15 is 0 Å². The van der Waals surface area contributed by atoms with Gasteiger partial charge in [-0.3, -0.25) is 9.59 Å². The van der Waals surface area contributed by atoms with Crippen LogP contribution in [0.3, 0.4) is 0 Å². The number of carbonyl (C=O) groups is 2. The minimum Gasteiger partial charge on any atom is -0.378 e. The number of aryl methyl sites for hydroxylation is 1. The zero-order valence-electron chi connectivity index (χ0n) is 20.4. The van der Waals surface area contributed by atoms with Gasteiger partial charge in [-0.05, 0) is 55.0 Å². The number of carbonyl (C=O) groups excluding carboxylic acids is 2. The molecular formula is C26H29N7O3. The van der Waals surface area contributed by atoms with Gasteiger partial charge in [-0.15, -0.1) is 0 Å². The second-order valence-corrected chi connectivity index (χ2v) is 8.89. The molecule has 10 nitrogen and oxygen atoms in total. The Morgan fingerprint density at radius 3 is 2.47 bits per heavy atom. The molecule has 1 saturated heterocycles. The summed E-state index contributed by atoms with van der Waals surface area (Å²) in [5.74, 6) is 0.567. The van der Waals surface area contributed by atoms with Crippen molar-refractivity contribution in [3.8, 4) is 0 Å². The van der Waals surface area contributed by atoms with Crippen LogP contribution in [0.5, 0.6) is 0 Å². The number of fused-ring (bicyclic) bond motifs is 1. The summed E-state index contributed by atoms with van der Waals surface area (Å²) in [4.78, 5) is 39.5. The highest BCUT2D eigenvalue weighted by molar-refractivity contribution is 5.98. The first-order valence-corrected chi connectivity index (χ1v) is 11.9. The van der Waals surface area contributed by atoms with Crippen molar-refractivity contribution in [2.75, 3.05) is 59.9 Å². The molecule has 3 heterocycles. The van der Waals surface area contributed by atoms with Gasteiger partial charge in [-0.25, -0.2) is 4.98 Å². The van der Waals surface area contributed by atoms with Gasteiger partial charge in [0.05, 0.1) is 19.4 Å². The van der Waals surface area contributed by atoms with Crippen LogP contribution in [0.4, 0.5) is 34.5 Å². The number of nitrogens with two attached hydrogens (primary N) is 1. The number of hydrogen-bond acceptors (Lipinski definition) is 8. The number of nitrogens with one attached hydrogen (secondary N) is 1. The number of aromatic nitrogens is 2. The van der Waals surface area contributed by atoms with Gasteiger partial charge < -0.3 is 30.5 Å². The van der Waals surface area contributed by atoms with E-state index in [2.05, 4.69) is 39.5 Å². The molecule has 0 atom stereocenters. The highest BCUT2D eigenvalue weighted by atomic mass is 16.5. The maximum absolute atomic E-state index is 12.7.